The first kappa shape index (κ1) is 11.7. The van der Waals surface area contributed by atoms with Gasteiger partial charge in [0.25, 0.3) is 5.91 Å². The standard InChI is InChI=1S/C12H9N3O3S/c1-7-6-19-12(13-7)14-11(16)8-5-10(18-15-8)9-3-2-4-17-9/h2-6H,1H3,(H,13,14,16). The quantitative estimate of drug-likeness (QED) is 0.794. The Labute approximate surface area is 112 Å². The van der Waals surface area contributed by atoms with E-state index >= 15 is 0 Å². The molecule has 1 N–H and O–H groups in total. The minimum absolute atomic E-state index is 0.180. The van der Waals surface area contributed by atoms with Gasteiger partial charge in [0.1, 0.15) is 0 Å². The highest BCUT2D eigenvalue weighted by Crippen LogP contribution is 2.21. The molecule has 0 spiro atoms. The van der Waals surface area contributed by atoms with E-state index in [9.17, 15) is 4.79 Å². The van der Waals surface area contributed by atoms with E-state index in [0.717, 1.165) is 5.69 Å². The maximum Gasteiger partial charge on any atom is 0.279 e. The highest BCUT2D eigenvalue weighted by atomic mass is 32.1. The molecule has 0 aliphatic heterocycles. The third kappa shape index (κ3) is 2.41. The van der Waals surface area contributed by atoms with Gasteiger partial charge >= 0.3 is 0 Å². The minimum atomic E-state index is -0.365. The number of aromatic nitrogens is 2. The number of carbonyl (C=O) groups is 1. The molecule has 0 aromatic carbocycles. The number of furan rings is 1. The lowest BCUT2D eigenvalue weighted by Crippen LogP contribution is -2.11. The predicted octanol–water partition coefficient (Wildman–Crippen LogP) is 2.95. The number of anilines is 1. The molecule has 0 unspecified atom stereocenters. The van der Waals surface area contributed by atoms with Gasteiger partial charge in [-0.25, -0.2) is 4.98 Å². The molecule has 19 heavy (non-hydrogen) atoms. The van der Waals surface area contributed by atoms with Crippen LogP contribution in [0.25, 0.3) is 11.5 Å². The highest BCUT2D eigenvalue weighted by molar-refractivity contribution is 7.13. The number of carbonyl (C=O) groups excluding carboxylic acids is 1. The summed E-state index contributed by atoms with van der Waals surface area (Å²) in [4.78, 5) is 16.1. The van der Waals surface area contributed by atoms with Gasteiger partial charge in [-0.15, -0.1) is 11.3 Å². The Morgan fingerprint density at radius 3 is 3.00 bits per heavy atom. The van der Waals surface area contributed by atoms with E-state index in [1.807, 2.05) is 12.3 Å². The second-order valence-electron chi connectivity index (χ2n) is 3.80. The number of amides is 1. The maximum atomic E-state index is 11.9. The SMILES string of the molecule is Cc1csc(NC(=O)c2cc(-c3ccco3)on2)n1. The first-order valence-electron chi connectivity index (χ1n) is 5.46. The lowest BCUT2D eigenvalue weighted by molar-refractivity contribution is 0.101. The van der Waals surface area contributed by atoms with Crippen LogP contribution in [0.1, 0.15) is 16.2 Å². The summed E-state index contributed by atoms with van der Waals surface area (Å²) in [5.74, 6) is 0.568. The first-order valence-corrected chi connectivity index (χ1v) is 6.34. The van der Waals surface area contributed by atoms with Crippen molar-refractivity contribution in [2.24, 2.45) is 0 Å². The molecule has 1 amide bonds. The van der Waals surface area contributed by atoms with Gasteiger partial charge < -0.3 is 8.94 Å². The Morgan fingerprint density at radius 1 is 1.42 bits per heavy atom. The van der Waals surface area contributed by atoms with E-state index in [-0.39, 0.29) is 11.6 Å². The highest BCUT2D eigenvalue weighted by Gasteiger charge is 2.16. The number of nitrogens with one attached hydrogen (secondary N) is 1. The molecule has 6 nitrogen and oxygen atoms in total. The normalized spacial score (nSPS) is 10.6. The third-order valence-corrected chi connectivity index (χ3v) is 3.22. The van der Waals surface area contributed by atoms with Crippen molar-refractivity contribution in [2.45, 2.75) is 6.92 Å². The molecule has 0 aliphatic rings. The van der Waals surface area contributed by atoms with Crippen LogP contribution in [-0.2, 0) is 0 Å². The van der Waals surface area contributed by atoms with Gasteiger partial charge in [0, 0.05) is 11.4 Å². The summed E-state index contributed by atoms with van der Waals surface area (Å²) in [7, 11) is 0. The molecule has 3 aromatic heterocycles. The number of thiazole rings is 1. The molecule has 3 aromatic rings. The zero-order chi connectivity index (χ0) is 13.2. The molecule has 96 valence electrons. The van der Waals surface area contributed by atoms with E-state index in [4.69, 9.17) is 8.94 Å². The van der Waals surface area contributed by atoms with Crippen molar-refractivity contribution in [3.63, 3.8) is 0 Å². The van der Waals surface area contributed by atoms with E-state index in [0.29, 0.717) is 16.7 Å². The average molecular weight is 275 g/mol. The smallest absolute Gasteiger partial charge is 0.279 e. The van der Waals surface area contributed by atoms with Crippen molar-refractivity contribution in [3.8, 4) is 11.5 Å². The van der Waals surface area contributed by atoms with Crippen LogP contribution < -0.4 is 5.32 Å². The summed E-state index contributed by atoms with van der Waals surface area (Å²) in [6.07, 6.45) is 1.52. The fraction of sp³-hybridized carbons (Fsp3) is 0.0833. The number of hydrogen-bond donors (Lipinski definition) is 1. The molecule has 0 bridgehead atoms. The molecule has 0 fully saturated rings. The minimum Gasteiger partial charge on any atom is -0.461 e. The molecule has 3 rings (SSSR count). The summed E-state index contributed by atoms with van der Waals surface area (Å²) in [6, 6.07) is 4.98. The van der Waals surface area contributed by atoms with Crippen LogP contribution in [0.15, 0.2) is 38.8 Å². The van der Waals surface area contributed by atoms with Crippen LogP contribution in [0, 0.1) is 6.92 Å². The van der Waals surface area contributed by atoms with E-state index < -0.39 is 0 Å². The van der Waals surface area contributed by atoms with E-state index in [1.165, 1.54) is 23.7 Å². The largest absolute Gasteiger partial charge is 0.461 e. The van der Waals surface area contributed by atoms with Gasteiger partial charge in [-0.1, -0.05) is 5.16 Å². The summed E-state index contributed by atoms with van der Waals surface area (Å²) < 4.78 is 10.2. The molecule has 0 saturated heterocycles. The number of hydrogen-bond acceptors (Lipinski definition) is 6. The Morgan fingerprint density at radius 2 is 2.32 bits per heavy atom. The molecular formula is C12H9N3O3S. The molecular weight excluding hydrogens is 266 g/mol. The van der Waals surface area contributed by atoms with Crippen LogP contribution in [0.3, 0.4) is 0 Å². The Balaban J connectivity index is 1.77. The second kappa shape index (κ2) is 4.69. The summed E-state index contributed by atoms with van der Waals surface area (Å²) in [6.45, 7) is 1.86. The lowest BCUT2D eigenvalue weighted by atomic mass is 10.3. The van der Waals surface area contributed by atoms with Gasteiger partial charge in [-0.3, -0.25) is 10.1 Å². The first-order chi connectivity index (χ1) is 9.22. The second-order valence-corrected chi connectivity index (χ2v) is 4.66. The average Bonchev–Trinajstić information content (AvgIpc) is 3.08. The fourth-order valence-electron chi connectivity index (χ4n) is 1.49. The van der Waals surface area contributed by atoms with Crippen LogP contribution in [0.5, 0.6) is 0 Å². The van der Waals surface area contributed by atoms with Gasteiger partial charge in [0.05, 0.1) is 12.0 Å². The van der Waals surface area contributed by atoms with Gasteiger partial charge in [-0.05, 0) is 19.1 Å². The maximum absolute atomic E-state index is 11.9. The molecule has 7 heteroatoms. The Kier molecular flexibility index (Phi) is 2.88. The van der Waals surface area contributed by atoms with Crippen LogP contribution in [0.2, 0.25) is 0 Å². The molecule has 0 atom stereocenters. The molecule has 0 radical (unpaired) electrons. The fourth-order valence-corrected chi connectivity index (χ4v) is 2.17. The summed E-state index contributed by atoms with van der Waals surface area (Å²) >= 11 is 1.36. The van der Waals surface area contributed by atoms with Crippen molar-refractivity contribution in [1.29, 1.82) is 0 Å². The van der Waals surface area contributed by atoms with E-state index in [2.05, 4.69) is 15.5 Å². The van der Waals surface area contributed by atoms with E-state index in [1.54, 1.807) is 12.1 Å². The van der Waals surface area contributed by atoms with Crippen molar-refractivity contribution in [2.75, 3.05) is 5.32 Å². The predicted molar refractivity (Wildman–Crippen MR) is 69.0 cm³/mol. The van der Waals surface area contributed by atoms with Crippen LogP contribution in [-0.4, -0.2) is 16.0 Å². The molecule has 0 saturated carbocycles. The molecule has 0 aliphatic carbocycles. The zero-order valence-electron chi connectivity index (χ0n) is 9.91. The summed E-state index contributed by atoms with van der Waals surface area (Å²) in [5.41, 5.74) is 1.04. The van der Waals surface area contributed by atoms with Gasteiger partial charge in [-0.2, -0.15) is 0 Å². The van der Waals surface area contributed by atoms with Gasteiger partial charge in [0.2, 0.25) is 5.76 Å². The third-order valence-electron chi connectivity index (χ3n) is 2.35. The van der Waals surface area contributed by atoms with Gasteiger partial charge in [0.15, 0.2) is 16.6 Å². The van der Waals surface area contributed by atoms with Crippen molar-refractivity contribution < 1.29 is 13.7 Å². The summed E-state index contributed by atoms with van der Waals surface area (Å²) in [5, 5.41) is 8.74. The van der Waals surface area contributed by atoms with Crippen molar-refractivity contribution in [3.05, 3.63) is 41.2 Å². The van der Waals surface area contributed by atoms with Crippen LogP contribution >= 0.6 is 11.3 Å². The zero-order valence-corrected chi connectivity index (χ0v) is 10.7. The lowest BCUT2D eigenvalue weighted by Gasteiger charge is -1.95. The van der Waals surface area contributed by atoms with Crippen molar-refractivity contribution in [1.82, 2.24) is 10.1 Å². The van der Waals surface area contributed by atoms with Crippen LogP contribution in [0.4, 0.5) is 5.13 Å². The number of aryl methyl sites for hydroxylation is 1. The Bertz CT molecular complexity index is 699. The number of rotatable bonds is 3. The number of nitrogens with zero attached hydrogens (tertiary/aromatic N) is 2. The monoisotopic (exact) mass is 275 g/mol. The molecule has 3 heterocycles. The Hall–Kier alpha value is -2.41. The van der Waals surface area contributed by atoms with Crippen molar-refractivity contribution >= 4 is 22.4 Å². The topological polar surface area (TPSA) is 81.2 Å².